The van der Waals surface area contributed by atoms with Crippen molar-refractivity contribution in [3.63, 3.8) is 0 Å². The fourth-order valence-corrected chi connectivity index (χ4v) is 1.70. The van der Waals surface area contributed by atoms with Gasteiger partial charge in [-0.25, -0.2) is 4.39 Å². The van der Waals surface area contributed by atoms with Gasteiger partial charge < -0.3 is 10.1 Å². The van der Waals surface area contributed by atoms with Gasteiger partial charge in [0.25, 0.3) is 5.91 Å². The number of carbonyl (C=O) groups is 1. The number of hydrogen-bond acceptors (Lipinski definition) is 2. The molecule has 1 aromatic rings. The van der Waals surface area contributed by atoms with Crippen LogP contribution in [0.15, 0.2) is 18.2 Å². The van der Waals surface area contributed by atoms with Gasteiger partial charge in [0.1, 0.15) is 11.6 Å². The maximum Gasteiger partial charge on any atom is 0.265 e. The van der Waals surface area contributed by atoms with E-state index in [1.807, 2.05) is 6.92 Å². The summed E-state index contributed by atoms with van der Waals surface area (Å²) in [5, 5.41) is 2.72. The highest BCUT2D eigenvalue weighted by Crippen LogP contribution is 2.31. The summed E-state index contributed by atoms with van der Waals surface area (Å²) >= 11 is 0. The largest absolute Gasteiger partial charge is 0.478 e. The molecule has 2 rings (SSSR count). The highest BCUT2D eigenvalue weighted by Gasteiger charge is 2.26. The van der Waals surface area contributed by atoms with Crippen LogP contribution in [0, 0.1) is 5.82 Å². The molecule has 0 bridgehead atoms. The molecule has 86 valence electrons. The molecule has 16 heavy (non-hydrogen) atoms. The standard InChI is InChI=1S/C12H14FNO2/c1-2-3-4-10-12(15)14-9-6-5-8(13)7-11(9)16-10/h5-7,10H,2-4H2,1H3,(H,14,15). The van der Waals surface area contributed by atoms with Crippen LogP contribution in [-0.4, -0.2) is 12.0 Å². The summed E-state index contributed by atoms with van der Waals surface area (Å²) < 4.78 is 18.5. The van der Waals surface area contributed by atoms with Crippen LogP contribution in [0.3, 0.4) is 0 Å². The van der Waals surface area contributed by atoms with E-state index in [-0.39, 0.29) is 11.7 Å². The monoisotopic (exact) mass is 223 g/mol. The van der Waals surface area contributed by atoms with Gasteiger partial charge in [-0.05, 0) is 25.0 Å². The fourth-order valence-electron chi connectivity index (χ4n) is 1.70. The Balaban J connectivity index is 2.16. The van der Waals surface area contributed by atoms with E-state index in [0.717, 1.165) is 12.8 Å². The predicted octanol–water partition coefficient (Wildman–Crippen LogP) is 2.72. The lowest BCUT2D eigenvalue weighted by Gasteiger charge is -2.25. The zero-order valence-electron chi connectivity index (χ0n) is 9.13. The minimum absolute atomic E-state index is 0.146. The molecule has 1 N–H and O–H groups in total. The van der Waals surface area contributed by atoms with E-state index in [2.05, 4.69) is 5.32 Å². The number of unbranched alkanes of at least 4 members (excludes halogenated alkanes) is 1. The van der Waals surface area contributed by atoms with Crippen molar-refractivity contribution in [1.82, 2.24) is 0 Å². The van der Waals surface area contributed by atoms with Crippen molar-refractivity contribution >= 4 is 11.6 Å². The van der Waals surface area contributed by atoms with Crippen molar-refractivity contribution < 1.29 is 13.9 Å². The summed E-state index contributed by atoms with van der Waals surface area (Å²) in [6, 6.07) is 4.11. The van der Waals surface area contributed by atoms with E-state index < -0.39 is 6.10 Å². The highest BCUT2D eigenvalue weighted by atomic mass is 19.1. The lowest BCUT2D eigenvalue weighted by atomic mass is 10.1. The van der Waals surface area contributed by atoms with Gasteiger partial charge >= 0.3 is 0 Å². The van der Waals surface area contributed by atoms with Gasteiger partial charge in [0.15, 0.2) is 6.10 Å². The minimum atomic E-state index is -0.491. The number of rotatable bonds is 3. The maximum absolute atomic E-state index is 13.0. The van der Waals surface area contributed by atoms with Crippen LogP contribution >= 0.6 is 0 Å². The van der Waals surface area contributed by atoms with E-state index in [0.29, 0.717) is 17.9 Å². The van der Waals surface area contributed by atoms with Gasteiger partial charge in [0.05, 0.1) is 5.69 Å². The molecule has 3 nitrogen and oxygen atoms in total. The van der Waals surface area contributed by atoms with Crippen LogP contribution in [0.5, 0.6) is 5.75 Å². The molecular formula is C12H14FNO2. The van der Waals surface area contributed by atoms with Crippen LogP contribution < -0.4 is 10.1 Å². The summed E-state index contributed by atoms with van der Waals surface area (Å²) in [4.78, 5) is 11.6. The molecule has 0 radical (unpaired) electrons. The predicted molar refractivity (Wildman–Crippen MR) is 59.0 cm³/mol. The summed E-state index contributed by atoms with van der Waals surface area (Å²) in [6.45, 7) is 2.05. The topological polar surface area (TPSA) is 38.3 Å². The molecule has 1 amide bonds. The average Bonchev–Trinajstić information content (AvgIpc) is 2.27. The Bertz CT molecular complexity index is 406. The number of hydrogen-bond donors (Lipinski definition) is 1. The third kappa shape index (κ3) is 2.15. The molecule has 0 saturated carbocycles. The molecule has 0 spiro atoms. The Morgan fingerprint density at radius 3 is 3.06 bits per heavy atom. The van der Waals surface area contributed by atoms with Gasteiger partial charge in [-0.2, -0.15) is 0 Å². The number of halogens is 1. The number of fused-ring (bicyclic) bond motifs is 1. The Morgan fingerprint density at radius 2 is 2.31 bits per heavy atom. The molecule has 4 heteroatoms. The third-order valence-corrected chi connectivity index (χ3v) is 2.58. The van der Waals surface area contributed by atoms with Gasteiger partial charge in [0, 0.05) is 6.07 Å². The summed E-state index contributed by atoms with van der Waals surface area (Å²) in [5.74, 6) is -0.0857. The van der Waals surface area contributed by atoms with Crippen molar-refractivity contribution in [2.24, 2.45) is 0 Å². The summed E-state index contributed by atoms with van der Waals surface area (Å²) in [6.07, 6.45) is 2.10. The zero-order valence-corrected chi connectivity index (χ0v) is 9.13. The summed E-state index contributed by atoms with van der Waals surface area (Å²) in [7, 11) is 0. The summed E-state index contributed by atoms with van der Waals surface area (Å²) in [5.41, 5.74) is 0.541. The number of nitrogens with one attached hydrogen (secondary N) is 1. The van der Waals surface area contributed by atoms with E-state index in [9.17, 15) is 9.18 Å². The van der Waals surface area contributed by atoms with Crippen molar-refractivity contribution in [3.8, 4) is 5.75 Å². The number of anilines is 1. The van der Waals surface area contributed by atoms with Crippen LogP contribution in [0.4, 0.5) is 10.1 Å². The van der Waals surface area contributed by atoms with Crippen LogP contribution in [-0.2, 0) is 4.79 Å². The molecule has 1 aromatic carbocycles. The normalized spacial score (nSPS) is 18.6. The first-order valence-electron chi connectivity index (χ1n) is 5.47. The molecule has 1 atom stereocenters. The molecule has 1 aliphatic rings. The highest BCUT2D eigenvalue weighted by molar-refractivity contribution is 5.97. The SMILES string of the molecule is CCCCC1Oc2cc(F)ccc2NC1=O. The Labute approximate surface area is 93.6 Å². The van der Waals surface area contributed by atoms with Crippen molar-refractivity contribution in [3.05, 3.63) is 24.0 Å². The second-order valence-corrected chi connectivity index (χ2v) is 3.88. The minimum Gasteiger partial charge on any atom is -0.478 e. The van der Waals surface area contributed by atoms with Gasteiger partial charge in [-0.3, -0.25) is 4.79 Å². The van der Waals surface area contributed by atoms with Crippen LogP contribution in [0.25, 0.3) is 0 Å². The Morgan fingerprint density at radius 1 is 1.50 bits per heavy atom. The first kappa shape index (κ1) is 10.9. The number of benzene rings is 1. The maximum atomic E-state index is 13.0. The van der Waals surface area contributed by atoms with Crippen LogP contribution in [0.1, 0.15) is 26.2 Å². The van der Waals surface area contributed by atoms with Crippen LogP contribution in [0.2, 0.25) is 0 Å². The zero-order chi connectivity index (χ0) is 11.5. The molecule has 0 saturated heterocycles. The Kier molecular flexibility index (Phi) is 3.08. The molecule has 0 aliphatic carbocycles. The van der Waals surface area contributed by atoms with Gasteiger partial charge in [-0.1, -0.05) is 13.3 Å². The van der Waals surface area contributed by atoms with Crippen molar-refractivity contribution in [1.29, 1.82) is 0 Å². The lowest BCUT2D eigenvalue weighted by molar-refractivity contribution is -0.123. The van der Waals surface area contributed by atoms with E-state index in [4.69, 9.17) is 4.74 Å². The molecule has 0 fully saturated rings. The third-order valence-electron chi connectivity index (χ3n) is 2.58. The van der Waals surface area contributed by atoms with Crippen molar-refractivity contribution in [2.45, 2.75) is 32.3 Å². The van der Waals surface area contributed by atoms with E-state index >= 15 is 0 Å². The lowest BCUT2D eigenvalue weighted by Crippen LogP contribution is -2.36. The first-order chi connectivity index (χ1) is 7.70. The average molecular weight is 223 g/mol. The molecular weight excluding hydrogens is 209 g/mol. The van der Waals surface area contributed by atoms with E-state index in [1.54, 1.807) is 0 Å². The number of amides is 1. The number of carbonyl (C=O) groups excluding carboxylic acids is 1. The molecule has 1 heterocycles. The molecule has 1 unspecified atom stereocenters. The smallest absolute Gasteiger partial charge is 0.265 e. The second kappa shape index (κ2) is 4.51. The van der Waals surface area contributed by atoms with Crippen molar-refractivity contribution in [2.75, 3.05) is 5.32 Å². The molecule has 1 aliphatic heterocycles. The number of ether oxygens (including phenoxy) is 1. The molecule has 0 aromatic heterocycles. The van der Waals surface area contributed by atoms with E-state index in [1.165, 1.54) is 18.2 Å². The van der Waals surface area contributed by atoms with Gasteiger partial charge in [-0.15, -0.1) is 0 Å². The van der Waals surface area contributed by atoms with Gasteiger partial charge in [0.2, 0.25) is 0 Å². The Hall–Kier alpha value is -1.58. The quantitative estimate of drug-likeness (QED) is 0.855. The first-order valence-corrected chi connectivity index (χ1v) is 5.47. The second-order valence-electron chi connectivity index (χ2n) is 3.88. The fraction of sp³-hybridized carbons (Fsp3) is 0.417.